The number of hydrogen-bond donors (Lipinski definition) is 1. The monoisotopic (exact) mass is 255 g/mol. The second-order valence-corrected chi connectivity index (χ2v) is 5.03. The Balaban J connectivity index is 1.75. The van der Waals surface area contributed by atoms with Crippen molar-refractivity contribution in [1.82, 2.24) is 15.1 Å². The van der Waals surface area contributed by atoms with Gasteiger partial charge in [0, 0.05) is 17.8 Å². The van der Waals surface area contributed by atoms with Gasteiger partial charge in [0.05, 0.1) is 6.20 Å². The normalized spacial score (nSPS) is 16.1. The van der Waals surface area contributed by atoms with Gasteiger partial charge in [0.15, 0.2) is 0 Å². The van der Waals surface area contributed by atoms with Crippen molar-refractivity contribution in [2.75, 3.05) is 0 Å². The van der Waals surface area contributed by atoms with Crippen LogP contribution < -0.4 is 5.32 Å². The minimum Gasteiger partial charge on any atom is -0.352 e. The van der Waals surface area contributed by atoms with Crippen LogP contribution in [-0.4, -0.2) is 21.7 Å². The third-order valence-corrected chi connectivity index (χ3v) is 3.41. The molecule has 1 heterocycles. The highest BCUT2D eigenvalue weighted by molar-refractivity contribution is 5.80. The molecule has 1 aromatic heterocycles. The van der Waals surface area contributed by atoms with E-state index in [1.54, 1.807) is 10.9 Å². The van der Waals surface area contributed by atoms with Crippen molar-refractivity contribution >= 4 is 5.91 Å². The first-order chi connectivity index (χ1) is 9.24. The summed E-state index contributed by atoms with van der Waals surface area (Å²) < 4.78 is 1.72. The van der Waals surface area contributed by atoms with Gasteiger partial charge in [-0.3, -0.25) is 9.48 Å². The summed E-state index contributed by atoms with van der Waals surface area (Å²) in [5, 5.41) is 7.30. The summed E-state index contributed by atoms with van der Waals surface area (Å²) in [5.74, 6) is 0.0465. The molecule has 1 N–H and O–H groups in total. The molecule has 1 aliphatic carbocycles. The third kappa shape index (κ3) is 2.67. The molecular weight excluding hydrogens is 238 g/mol. The van der Waals surface area contributed by atoms with Gasteiger partial charge in [0.1, 0.15) is 6.04 Å². The Hall–Kier alpha value is -2.10. The van der Waals surface area contributed by atoms with Crippen molar-refractivity contribution in [3.8, 4) is 11.1 Å². The molecule has 1 saturated carbocycles. The molecule has 1 atom stereocenters. The standard InChI is InChI=1S/C15H17N3O/c1-11(15(19)17-14-7-8-14)18-10-13(9-16-18)12-5-3-2-4-6-12/h2-6,9-11,14H,7-8H2,1H3,(H,17,19)/t11-/m1/s1. The number of amides is 1. The van der Waals surface area contributed by atoms with Gasteiger partial charge in [-0.05, 0) is 25.3 Å². The summed E-state index contributed by atoms with van der Waals surface area (Å²) in [6.45, 7) is 1.87. The molecule has 0 saturated heterocycles. The van der Waals surface area contributed by atoms with E-state index in [1.807, 2.05) is 43.5 Å². The molecule has 4 nitrogen and oxygen atoms in total. The van der Waals surface area contributed by atoms with Crippen LogP contribution in [0.3, 0.4) is 0 Å². The van der Waals surface area contributed by atoms with E-state index in [4.69, 9.17) is 0 Å². The van der Waals surface area contributed by atoms with Crippen molar-refractivity contribution in [3.05, 3.63) is 42.7 Å². The molecular formula is C15H17N3O. The highest BCUT2D eigenvalue weighted by atomic mass is 16.2. The SMILES string of the molecule is C[C@H](C(=O)NC1CC1)n1cc(-c2ccccc2)cn1. The summed E-state index contributed by atoms with van der Waals surface area (Å²) in [4.78, 5) is 12.0. The maximum Gasteiger partial charge on any atom is 0.244 e. The van der Waals surface area contributed by atoms with Gasteiger partial charge in [0.25, 0.3) is 0 Å². The number of carbonyl (C=O) groups is 1. The zero-order chi connectivity index (χ0) is 13.2. The summed E-state index contributed by atoms with van der Waals surface area (Å²) in [7, 11) is 0. The quantitative estimate of drug-likeness (QED) is 0.911. The lowest BCUT2D eigenvalue weighted by Crippen LogP contribution is -2.32. The molecule has 0 spiro atoms. The molecule has 1 aromatic carbocycles. The second-order valence-electron chi connectivity index (χ2n) is 5.03. The van der Waals surface area contributed by atoms with E-state index in [2.05, 4.69) is 10.4 Å². The molecule has 4 heteroatoms. The van der Waals surface area contributed by atoms with Crippen LogP contribution in [-0.2, 0) is 4.79 Å². The molecule has 1 fully saturated rings. The molecule has 0 unspecified atom stereocenters. The summed E-state index contributed by atoms with van der Waals surface area (Å²) in [6.07, 6.45) is 5.93. The third-order valence-electron chi connectivity index (χ3n) is 3.41. The predicted molar refractivity (Wildman–Crippen MR) is 73.5 cm³/mol. The van der Waals surface area contributed by atoms with Crippen LogP contribution in [0.2, 0.25) is 0 Å². The molecule has 1 amide bonds. The number of nitrogens with one attached hydrogen (secondary N) is 1. The Morgan fingerprint density at radius 1 is 1.32 bits per heavy atom. The highest BCUT2D eigenvalue weighted by Crippen LogP contribution is 2.22. The van der Waals surface area contributed by atoms with Crippen molar-refractivity contribution in [3.63, 3.8) is 0 Å². The topological polar surface area (TPSA) is 46.9 Å². The fourth-order valence-corrected chi connectivity index (χ4v) is 2.00. The zero-order valence-corrected chi connectivity index (χ0v) is 10.9. The van der Waals surface area contributed by atoms with Crippen molar-refractivity contribution in [1.29, 1.82) is 0 Å². The maximum atomic E-state index is 12.0. The molecule has 3 rings (SSSR count). The van der Waals surface area contributed by atoms with Crippen LogP contribution in [0.25, 0.3) is 11.1 Å². The number of benzene rings is 1. The Morgan fingerprint density at radius 3 is 2.74 bits per heavy atom. The lowest BCUT2D eigenvalue weighted by Gasteiger charge is -2.11. The molecule has 98 valence electrons. The first-order valence-corrected chi connectivity index (χ1v) is 6.64. The van der Waals surface area contributed by atoms with Gasteiger partial charge in [-0.1, -0.05) is 30.3 Å². The average Bonchev–Trinajstić information content (AvgIpc) is 3.12. The van der Waals surface area contributed by atoms with Crippen LogP contribution in [0.1, 0.15) is 25.8 Å². The largest absolute Gasteiger partial charge is 0.352 e. The van der Waals surface area contributed by atoms with Gasteiger partial charge in [0.2, 0.25) is 5.91 Å². The number of hydrogen-bond acceptors (Lipinski definition) is 2. The predicted octanol–water partition coefficient (Wildman–Crippen LogP) is 2.39. The van der Waals surface area contributed by atoms with Gasteiger partial charge < -0.3 is 5.32 Å². The van der Waals surface area contributed by atoms with E-state index in [9.17, 15) is 4.79 Å². The first-order valence-electron chi connectivity index (χ1n) is 6.64. The minimum absolute atomic E-state index is 0.0465. The van der Waals surface area contributed by atoms with Crippen LogP contribution in [0.4, 0.5) is 0 Å². The van der Waals surface area contributed by atoms with Gasteiger partial charge >= 0.3 is 0 Å². The number of carbonyl (C=O) groups excluding carboxylic acids is 1. The Morgan fingerprint density at radius 2 is 2.05 bits per heavy atom. The number of nitrogens with zero attached hydrogens (tertiary/aromatic N) is 2. The van der Waals surface area contributed by atoms with Gasteiger partial charge in [-0.2, -0.15) is 5.10 Å². The van der Waals surface area contributed by atoms with Gasteiger partial charge in [-0.25, -0.2) is 0 Å². The minimum atomic E-state index is -0.266. The van der Waals surface area contributed by atoms with Crippen molar-refractivity contribution in [2.45, 2.75) is 31.8 Å². The second kappa shape index (κ2) is 4.88. The van der Waals surface area contributed by atoms with Gasteiger partial charge in [-0.15, -0.1) is 0 Å². The van der Waals surface area contributed by atoms with Crippen molar-refractivity contribution in [2.24, 2.45) is 0 Å². The molecule has 0 bridgehead atoms. The summed E-state index contributed by atoms with van der Waals surface area (Å²) in [5.41, 5.74) is 2.15. The Kier molecular flexibility index (Phi) is 3.07. The molecule has 0 aliphatic heterocycles. The molecule has 2 aromatic rings. The van der Waals surface area contributed by atoms with Crippen molar-refractivity contribution < 1.29 is 4.79 Å². The van der Waals surface area contributed by atoms with E-state index in [0.717, 1.165) is 24.0 Å². The lowest BCUT2D eigenvalue weighted by atomic mass is 10.1. The van der Waals surface area contributed by atoms with Crippen LogP contribution in [0.5, 0.6) is 0 Å². The lowest BCUT2D eigenvalue weighted by molar-refractivity contribution is -0.124. The molecule has 19 heavy (non-hydrogen) atoms. The smallest absolute Gasteiger partial charge is 0.244 e. The zero-order valence-electron chi connectivity index (χ0n) is 10.9. The van der Waals surface area contributed by atoms with E-state index in [0.29, 0.717) is 6.04 Å². The van der Waals surface area contributed by atoms with E-state index in [-0.39, 0.29) is 11.9 Å². The van der Waals surface area contributed by atoms with Crippen LogP contribution in [0.15, 0.2) is 42.7 Å². The summed E-state index contributed by atoms with van der Waals surface area (Å²) in [6, 6.07) is 10.2. The van der Waals surface area contributed by atoms with E-state index >= 15 is 0 Å². The van der Waals surface area contributed by atoms with Crippen LogP contribution >= 0.6 is 0 Å². The Labute approximate surface area is 112 Å². The highest BCUT2D eigenvalue weighted by Gasteiger charge is 2.26. The Bertz CT molecular complexity index is 572. The molecule has 1 aliphatic rings. The number of rotatable bonds is 4. The average molecular weight is 255 g/mol. The van der Waals surface area contributed by atoms with Crippen LogP contribution in [0, 0.1) is 0 Å². The summed E-state index contributed by atoms with van der Waals surface area (Å²) >= 11 is 0. The van der Waals surface area contributed by atoms with E-state index < -0.39 is 0 Å². The first kappa shape index (κ1) is 12.0. The fourth-order valence-electron chi connectivity index (χ4n) is 2.00. The number of aromatic nitrogens is 2. The maximum absolute atomic E-state index is 12.0. The van der Waals surface area contributed by atoms with E-state index in [1.165, 1.54) is 0 Å². The molecule has 0 radical (unpaired) electrons. The fraction of sp³-hybridized carbons (Fsp3) is 0.333.